The van der Waals surface area contributed by atoms with Gasteiger partial charge in [-0.1, -0.05) is 12.1 Å². The largest absolute Gasteiger partial charge is 0.416 e. The fraction of sp³-hybridized carbons (Fsp3) is 0.364. The molecule has 0 aliphatic heterocycles. The van der Waals surface area contributed by atoms with Crippen molar-refractivity contribution in [3.05, 3.63) is 67.4 Å². The highest BCUT2D eigenvalue weighted by Gasteiger charge is 2.33. The molecule has 1 fully saturated rings. The summed E-state index contributed by atoms with van der Waals surface area (Å²) in [6, 6.07) is 5.16. The number of fused-ring (bicyclic) bond motifs is 1. The van der Waals surface area contributed by atoms with Gasteiger partial charge in [0, 0.05) is 24.7 Å². The molecule has 1 aliphatic carbocycles. The maximum absolute atomic E-state index is 13.3. The molecule has 0 amide bonds. The molecule has 4 rings (SSSR count). The molecule has 1 saturated carbocycles. The van der Waals surface area contributed by atoms with E-state index < -0.39 is 28.9 Å². The molecule has 32 heavy (non-hydrogen) atoms. The molecule has 10 heteroatoms. The topological polar surface area (TPSA) is 92.7 Å². The number of hydrogen-bond donors (Lipinski definition) is 1. The Morgan fingerprint density at radius 3 is 2.53 bits per heavy atom. The molecule has 1 aliphatic rings. The van der Waals surface area contributed by atoms with Crippen LogP contribution in [-0.2, 0) is 13.2 Å². The highest BCUT2D eigenvalue weighted by atomic mass is 19.4. The van der Waals surface area contributed by atoms with Crippen LogP contribution >= 0.6 is 0 Å². The number of nitrogens with zero attached hydrogens (tertiary/aromatic N) is 4. The summed E-state index contributed by atoms with van der Waals surface area (Å²) in [7, 11) is 1.39. The van der Waals surface area contributed by atoms with E-state index >= 15 is 0 Å². The van der Waals surface area contributed by atoms with Crippen molar-refractivity contribution in [3.63, 3.8) is 0 Å². The van der Waals surface area contributed by atoms with E-state index in [2.05, 4.69) is 10.4 Å². The van der Waals surface area contributed by atoms with Crippen LogP contribution in [0.5, 0.6) is 0 Å². The van der Waals surface area contributed by atoms with E-state index in [4.69, 9.17) is 0 Å². The third-order valence-electron chi connectivity index (χ3n) is 5.80. The third-order valence-corrected chi connectivity index (χ3v) is 5.80. The van der Waals surface area contributed by atoms with Crippen LogP contribution in [0, 0.1) is 18.3 Å². The number of pyridine rings is 1. The summed E-state index contributed by atoms with van der Waals surface area (Å²) in [6.45, 7) is 3.09. The molecule has 1 atom stereocenters. The Bertz CT molecular complexity index is 1390. The van der Waals surface area contributed by atoms with Crippen molar-refractivity contribution >= 4 is 16.6 Å². The van der Waals surface area contributed by atoms with Gasteiger partial charge in [-0.15, -0.1) is 0 Å². The van der Waals surface area contributed by atoms with Crippen LogP contribution in [0.1, 0.15) is 54.1 Å². The van der Waals surface area contributed by atoms with Crippen molar-refractivity contribution in [2.45, 2.75) is 44.9 Å². The molecule has 2 heterocycles. The quantitative estimate of drug-likeness (QED) is 0.662. The van der Waals surface area contributed by atoms with E-state index in [0.717, 1.165) is 23.6 Å². The van der Waals surface area contributed by atoms with Crippen LogP contribution < -0.4 is 16.4 Å². The van der Waals surface area contributed by atoms with Crippen molar-refractivity contribution < 1.29 is 13.2 Å². The minimum atomic E-state index is -4.48. The Labute approximate surface area is 180 Å². The number of hydrogen-bond acceptors (Lipinski definition) is 5. The van der Waals surface area contributed by atoms with Gasteiger partial charge in [0.1, 0.15) is 11.6 Å². The minimum Gasteiger partial charge on any atom is -0.362 e. The number of alkyl halides is 3. The maximum atomic E-state index is 13.3. The number of rotatable bonds is 4. The van der Waals surface area contributed by atoms with Gasteiger partial charge in [-0.05, 0) is 43.9 Å². The number of nitrogens with one attached hydrogen (secondary N) is 1. The van der Waals surface area contributed by atoms with Crippen molar-refractivity contribution in [2.24, 2.45) is 7.05 Å². The monoisotopic (exact) mass is 443 g/mol. The van der Waals surface area contributed by atoms with Crippen LogP contribution in [0.2, 0.25) is 0 Å². The summed E-state index contributed by atoms with van der Waals surface area (Å²) in [6.07, 6.45) is -1.39. The highest BCUT2D eigenvalue weighted by Crippen LogP contribution is 2.37. The average molecular weight is 443 g/mol. The SMILES string of the molecule is Cc1c([C@@H](C)Nc2nn(C)c(=O)c3c(C#N)c(=O)n(C4CC4)cc23)cccc1C(F)(F)F. The van der Waals surface area contributed by atoms with E-state index in [-0.39, 0.29) is 33.8 Å². The van der Waals surface area contributed by atoms with E-state index in [9.17, 15) is 28.0 Å². The number of aryl methyl sites for hydroxylation is 1. The maximum Gasteiger partial charge on any atom is 0.416 e. The number of anilines is 1. The van der Waals surface area contributed by atoms with Gasteiger partial charge < -0.3 is 9.88 Å². The Morgan fingerprint density at radius 2 is 1.94 bits per heavy atom. The van der Waals surface area contributed by atoms with Gasteiger partial charge >= 0.3 is 6.18 Å². The predicted octanol–water partition coefficient (Wildman–Crippen LogP) is 3.80. The molecule has 0 bridgehead atoms. The van der Waals surface area contributed by atoms with Crippen LogP contribution in [0.15, 0.2) is 34.0 Å². The average Bonchev–Trinajstić information content (AvgIpc) is 3.55. The Kier molecular flexibility index (Phi) is 5.07. The molecule has 0 unspecified atom stereocenters. The molecule has 166 valence electrons. The summed E-state index contributed by atoms with van der Waals surface area (Å²) in [5.41, 5.74) is -1.61. The van der Waals surface area contributed by atoms with E-state index in [1.54, 1.807) is 13.0 Å². The summed E-state index contributed by atoms with van der Waals surface area (Å²) < 4.78 is 42.5. The van der Waals surface area contributed by atoms with E-state index in [0.29, 0.717) is 5.56 Å². The van der Waals surface area contributed by atoms with Crippen molar-refractivity contribution in [1.82, 2.24) is 14.3 Å². The lowest BCUT2D eigenvalue weighted by Gasteiger charge is -2.21. The lowest BCUT2D eigenvalue weighted by Crippen LogP contribution is -2.29. The lowest BCUT2D eigenvalue weighted by molar-refractivity contribution is -0.138. The van der Waals surface area contributed by atoms with Gasteiger partial charge in [-0.2, -0.15) is 23.5 Å². The number of benzene rings is 1. The molecule has 0 spiro atoms. The van der Waals surface area contributed by atoms with Crippen molar-refractivity contribution in [1.29, 1.82) is 5.26 Å². The first-order valence-corrected chi connectivity index (χ1v) is 10.0. The zero-order valence-corrected chi connectivity index (χ0v) is 17.6. The van der Waals surface area contributed by atoms with E-state index in [1.807, 2.05) is 6.07 Å². The molecule has 2 aromatic heterocycles. The van der Waals surface area contributed by atoms with Gasteiger partial charge in [0.2, 0.25) is 0 Å². The van der Waals surface area contributed by atoms with E-state index in [1.165, 1.54) is 30.8 Å². The zero-order valence-electron chi connectivity index (χ0n) is 17.6. The fourth-order valence-electron chi connectivity index (χ4n) is 3.99. The summed E-state index contributed by atoms with van der Waals surface area (Å²) in [5, 5.41) is 17.1. The Balaban J connectivity index is 1.89. The molecule has 1 N–H and O–H groups in total. The number of nitriles is 1. The van der Waals surface area contributed by atoms with Crippen molar-refractivity contribution in [3.8, 4) is 6.07 Å². The molecule has 0 saturated heterocycles. The fourth-order valence-corrected chi connectivity index (χ4v) is 3.99. The predicted molar refractivity (Wildman–Crippen MR) is 112 cm³/mol. The van der Waals surface area contributed by atoms with Gasteiger partial charge in [0.05, 0.1) is 17.0 Å². The second-order valence-electron chi connectivity index (χ2n) is 8.01. The second kappa shape index (κ2) is 7.51. The Morgan fingerprint density at radius 1 is 1.25 bits per heavy atom. The number of aromatic nitrogens is 3. The van der Waals surface area contributed by atoms with Gasteiger partial charge in [-0.3, -0.25) is 9.59 Å². The zero-order chi connectivity index (χ0) is 23.4. The highest BCUT2D eigenvalue weighted by molar-refractivity contribution is 5.94. The smallest absolute Gasteiger partial charge is 0.362 e. The molecule has 3 aromatic rings. The molecular weight excluding hydrogens is 423 g/mol. The van der Waals surface area contributed by atoms with Crippen LogP contribution in [0.25, 0.3) is 10.8 Å². The van der Waals surface area contributed by atoms with Crippen LogP contribution in [0.4, 0.5) is 19.0 Å². The summed E-state index contributed by atoms with van der Waals surface area (Å²) in [5.74, 6) is 0.206. The molecule has 1 aromatic carbocycles. The standard InChI is InChI=1S/C22H20F3N5O2/c1-11-14(5-4-6-17(11)22(23,24)25)12(2)27-19-16-10-30(13-7-8-13)20(31)15(9-26)18(16)21(32)29(3)28-19/h4-6,10,12-13H,7-8H2,1-3H3,(H,27,28)/t12-/m1/s1. The van der Waals surface area contributed by atoms with Crippen LogP contribution in [0.3, 0.4) is 0 Å². The first kappa shape index (κ1) is 21.6. The van der Waals surface area contributed by atoms with Crippen LogP contribution in [-0.4, -0.2) is 14.3 Å². The molecular formula is C22H20F3N5O2. The Hall–Kier alpha value is -3.61. The minimum absolute atomic E-state index is 0.0426. The normalized spacial score (nSPS) is 14.9. The first-order chi connectivity index (χ1) is 15.0. The molecule has 0 radical (unpaired) electrons. The van der Waals surface area contributed by atoms with Crippen molar-refractivity contribution in [2.75, 3.05) is 5.32 Å². The molecule has 7 nitrogen and oxygen atoms in total. The van der Waals surface area contributed by atoms with Gasteiger partial charge in [-0.25, -0.2) is 4.68 Å². The third kappa shape index (κ3) is 3.53. The first-order valence-electron chi connectivity index (χ1n) is 10.0. The summed E-state index contributed by atoms with van der Waals surface area (Å²) in [4.78, 5) is 25.5. The second-order valence-corrected chi connectivity index (χ2v) is 8.01. The van der Waals surface area contributed by atoms with Gasteiger partial charge in [0.25, 0.3) is 11.1 Å². The lowest BCUT2D eigenvalue weighted by atomic mass is 9.97. The van der Waals surface area contributed by atoms with Gasteiger partial charge in [0.15, 0.2) is 5.82 Å². The summed E-state index contributed by atoms with van der Waals surface area (Å²) >= 11 is 0. The number of halogens is 3.